The number of hydrogen-bond donors (Lipinski definition) is 7. The minimum atomic E-state index is -1.14. The van der Waals surface area contributed by atoms with Gasteiger partial charge in [0.25, 0.3) is 0 Å². The first-order chi connectivity index (χ1) is 14.9. The summed E-state index contributed by atoms with van der Waals surface area (Å²) in [6.07, 6.45) is 1.96. The van der Waals surface area contributed by atoms with E-state index in [0.29, 0.717) is 32.2 Å². The Labute approximate surface area is 189 Å². The second-order valence-electron chi connectivity index (χ2n) is 7.91. The van der Waals surface area contributed by atoms with Crippen LogP contribution in [0.4, 0.5) is 0 Å². The van der Waals surface area contributed by atoms with Gasteiger partial charge in [-0.1, -0.05) is 40.5 Å². The van der Waals surface area contributed by atoms with Gasteiger partial charge in [-0.15, -0.1) is 0 Å². The molecule has 0 radical (unpaired) electrons. The molecule has 0 aromatic rings. The van der Waals surface area contributed by atoms with Crippen molar-refractivity contribution in [1.82, 2.24) is 16.0 Å². The molecule has 0 bridgehead atoms. The molecule has 32 heavy (non-hydrogen) atoms. The van der Waals surface area contributed by atoms with E-state index < -0.39 is 41.8 Å². The molecule has 12 nitrogen and oxygen atoms in total. The highest BCUT2D eigenvalue weighted by Gasteiger charge is 2.31. The van der Waals surface area contributed by atoms with E-state index in [2.05, 4.69) is 20.9 Å². The van der Waals surface area contributed by atoms with Crippen LogP contribution in [0.15, 0.2) is 4.99 Å². The minimum Gasteiger partial charge on any atom is -0.480 e. The van der Waals surface area contributed by atoms with Gasteiger partial charge < -0.3 is 38.3 Å². The summed E-state index contributed by atoms with van der Waals surface area (Å²) in [6.45, 7) is 7.15. The molecule has 5 atom stereocenters. The number of nitrogens with one attached hydrogen (secondary N) is 3. The molecule has 0 saturated carbocycles. The van der Waals surface area contributed by atoms with E-state index in [1.807, 2.05) is 13.8 Å². The topological polar surface area (TPSA) is 215 Å². The third-order valence-corrected chi connectivity index (χ3v) is 5.32. The van der Waals surface area contributed by atoms with Crippen LogP contribution in [0.5, 0.6) is 0 Å². The van der Waals surface area contributed by atoms with E-state index in [0.717, 1.165) is 0 Å². The lowest BCUT2D eigenvalue weighted by Crippen LogP contribution is -2.56. The van der Waals surface area contributed by atoms with Gasteiger partial charge in [-0.05, 0) is 24.7 Å². The maximum Gasteiger partial charge on any atom is 0.326 e. The quantitative estimate of drug-likeness (QED) is 0.0882. The first-order valence-electron chi connectivity index (χ1n) is 10.9. The van der Waals surface area contributed by atoms with Crippen LogP contribution in [-0.4, -0.2) is 66.0 Å². The number of carboxylic acids is 1. The number of guanidine groups is 1. The summed E-state index contributed by atoms with van der Waals surface area (Å²) in [6, 6.07) is -2.84. The van der Waals surface area contributed by atoms with E-state index in [1.165, 1.54) is 0 Å². The van der Waals surface area contributed by atoms with Crippen LogP contribution in [0.2, 0.25) is 0 Å². The van der Waals surface area contributed by atoms with Crippen molar-refractivity contribution >= 4 is 29.7 Å². The van der Waals surface area contributed by atoms with Crippen LogP contribution < -0.4 is 33.2 Å². The average molecular weight is 458 g/mol. The second kappa shape index (κ2) is 15.0. The Bertz CT molecular complexity index is 667. The van der Waals surface area contributed by atoms with E-state index in [1.54, 1.807) is 13.8 Å². The third kappa shape index (κ3) is 10.9. The van der Waals surface area contributed by atoms with Gasteiger partial charge in [-0.25, -0.2) is 4.79 Å². The summed E-state index contributed by atoms with van der Waals surface area (Å²) in [5, 5.41) is 16.9. The van der Waals surface area contributed by atoms with Crippen molar-refractivity contribution in [2.24, 2.45) is 34.0 Å². The highest BCUT2D eigenvalue weighted by Crippen LogP contribution is 2.12. The smallest absolute Gasteiger partial charge is 0.326 e. The standard InChI is InChI=1S/C20H39N7O5/c1-5-11(3)15(18(30)27-16(19(31)32)12(4)6-2)26-14(28)10-25-17(29)13(21)8-7-9-24-20(22)23/h11-13,15-16H,5-10,21H2,1-4H3,(H,25,29)(H,26,28)(H,27,30)(H,31,32)(H4,22,23,24). The van der Waals surface area contributed by atoms with Crippen molar-refractivity contribution in [2.75, 3.05) is 13.1 Å². The Morgan fingerprint density at radius 2 is 1.50 bits per heavy atom. The summed E-state index contributed by atoms with van der Waals surface area (Å²) in [5.41, 5.74) is 16.2. The first kappa shape index (κ1) is 29.1. The van der Waals surface area contributed by atoms with Crippen LogP contribution >= 0.6 is 0 Å². The lowest BCUT2D eigenvalue weighted by Gasteiger charge is -2.27. The zero-order chi connectivity index (χ0) is 24.8. The van der Waals surface area contributed by atoms with Gasteiger partial charge in [0.2, 0.25) is 17.7 Å². The molecule has 3 amide bonds. The molecule has 184 valence electrons. The van der Waals surface area contributed by atoms with Gasteiger partial charge in [0.05, 0.1) is 12.6 Å². The van der Waals surface area contributed by atoms with Gasteiger partial charge in [-0.3, -0.25) is 19.4 Å². The summed E-state index contributed by atoms with van der Waals surface area (Å²) < 4.78 is 0. The number of rotatable bonds is 15. The number of carboxylic acid groups (broad SMARTS) is 1. The average Bonchev–Trinajstić information content (AvgIpc) is 2.75. The van der Waals surface area contributed by atoms with Gasteiger partial charge in [0.1, 0.15) is 12.1 Å². The predicted molar refractivity (Wildman–Crippen MR) is 121 cm³/mol. The van der Waals surface area contributed by atoms with Gasteiger partial charge >= 0.3 is 5.97 Å². The maximum absolute atomic E-state index is 12.7. The Hall–Kier alpha value is -2.89. The molecule has 5 unspecified atom stereocenters. The fourth-order valence-corrected chi connectivity index (χ4v) is 2.80. The molecule has 0 fully saturated rings. The zero-order valence-electron chi connectivity index (χ0n) is 19.4. The molecule has 0 aliphatic heterocycles. The first-order valence-corrected chi connectivity index (χ1v) is 10.9. The normalized spacial score (nSPS) is 15.4. The molecule has 12 heteroatoms. The number of amides is 3. The molecule has 0 heterocycles. The van der Waals surface area contributed by atoms with Crippen molar-refractivity contribution in [2.45, 2.75) is 71.5 Å². The molecular formula is C20H39N7O5. The molecule has 0 aliphatic rings. The van der Waals surface area contributed by atoms with Gasteiger partial charge in [-0.2, -0.15) is 0 Å². The summed E-state index contributed by atoms with van der Waals surface area (Å²) in [4.78, 5) is 52.4. The van der Waals surface area contributed by atoms with Crippen molar-refractivity contribution in [3.05, 3.63) is 0 Å². The lowest BCUT2D eigenvalue weighted by atomic mass is 9.95. The van der Waals surface area contributed by atoms with E-state index >= 15 is 0 Å². The number of nitrogens with two attached hydrogens (primary N) is 3. The number of carbonyl (C=O) groups excluding carboxylic acids is 3. The van der Waals surface area contributed by atoms with Crippen molar-refractivity contribution in [1.29, 1.82) is 0 Å². The van der Waals surface area contributed by atoms with Crippen molar-refractivity contribution in [3.8, 4) is 0 Å². The summed E-state index contributed by atoms with van der Waals surface area (Å²) >= 11 is 0. The highest BCUT2D eigenvalue weighted by molar-refractivity contribution is 5.92. The van der Waals surface area contributed by atoms with Crippen LogP contribution in [0.1, 0.15) is 53.4 Å². The fourth-order valence-electron chi connectivity index (χ4n) is 2.80. The monoisotopic (exact) mass is 457 g/mol. The zero-order valence-corrected chi connectivity index (χ0v) is 19.4. The van der Waals surface area contributed by atoms with E-state index in [9.17, 15) is 24.3 Å². The summed E-state index contributed by atoms with van der Waals surface area (Å²) in [7, 11) is 0. The molecule has 10 N–H and O–H groups in total. The SMILES string of the molecule is CCC(C)C(NC(=O)C(NC(=O)CNC(=O)C(N)CCCN=C(N)N)C(C)CC)C(=O)O. The molecule has 0 spiro atoms. The van der Waals surface area contributed by atoms with Gasteiger partial charge in [0, 0.05) is 6.54 Å². The van der Waals surface area contributed by atoms with E-state index in [4.69, 9.17) is 17.2 Å². The Balaban J connectivity index is 4.85. The number of hydrogen-bond acceptors (Lipinski definition) is 6. The predicted octanol–water partition coefficient (Wildman–Crippen LogP) is -1.37. The molecule has 0 aliphatic carbocycles. The Morgan fingerprint density at radius 3 is 2.00 bits per heavy atom. The molecular weight excluding hydrogens is 418 g/mol. The van der Waals surface area contributed by atoms with Crippen LogP contribution in [-0.2, 0) is 19.2 Å². The molecule has 0 saturated heterocycles. The maximum atomic E-state index is 12.7. The van der Waals surface area contributed by atoms with E-state index in [-0.39, 0.29) is 24.3 Å². The number of aliphatic carboxylic acids is 1. The van der Waals surface area contributed by atoms with Gasteiger partial charge in [0.15, 0.2) is 5.96 Å². The second-order valence-corrected chi connectivity index (χ2v) is 7.91. The number of nitrogens with zero attached hydrogens (tertiary/aromatic N) is 1. The Morgan fingerprint density at radius 1 is 0.938 bits per heavy atom. The number of aliphatic imine (C=N–C) groups is 1. The van der Waals surface area contributed by atoms with Crippen LogP contribution in [0.25, 0.3) is 0 Å². The largest absolute Gasteiger partial charge is 0.480 e. The molecule has 0 aromatic carbocycles. The number of carbonyl (C=O) groups is 4. The van der Waals surface area contributed by atoms with Crippen LogP contribution in [0, 0.1) is 11.8 Å². The Kier molecular flexibility index (Phi) is 13.6. The summed E-state index contributed by atoms with van der Waals surface area (Å²) in [5.74, 6) is -3.39. The molecule has 0 aromatic heterocycles. The highest BCUT2D eigenvalue weighted by atomic mass is 16.4. The van der Waals surface area contributed by atoms with Crippen LogP contribution in [0.3, 0.4) is 0 Å². The lowest BCUT2D eigenvalue weighted by molar-refractivity contribution is -0.144. The third-order valence-electron chi connectivity index (χ3n) is 5.32. The van der Waals surface area contributed by atoms with Crippen molar-refractivity contribution < 1.29 is 24.3 Å². The fraction of sp³-hybridized carbons (Fsp3) is 0.750. The molecule has 0 rings (SSSR count). The van der Waals surface area contributed by atoms with Crippen molar-refractivity contribution in [3.63, 3.8) is 0 Å². The minimum absolute atomic E-state index is 0.0431.